The molecule has 1 saturated heterocycles. The first kappa shape index (κ1) is 13.7. The number of aromatic nitrogens is 2. The molecule has 0 saturated carbocycles. The van der Waals surface area contributed by atoms with Gasteiger partial charge in [-0.2, -0.15) is 0 Å². The molecule has 1 aliphatic rings. The molecule has 16 heavy (non-hydrogen) atoms. The molecule has 0 spiro atoms. The summed E-state index contributed by atoms with van der Waals surface area (Å²) < 4.78 is 0. The number of rotatable bonds is 4. The standard InChI is InChI=1S/C10H16N4S.ClH/c1-15-10-9(12-4-5-13-10)7-14-8-2-3-11-6-8;/h4-5,8,11,14H,2-3,6-7H2,1H3;1H/t8-;/m0./s1. The third-order valence-corrected chi connectivity index (χ3v) is 3.28. The Morgan fingerprint density at radius 3 is 3.00 bits per heavy atom. The van der Waals surface area contributed by atoms with Crippen molar-refractivity contribution in [2.24, 2.45) is 0 Å². The molecular formula is C10H17ClN4S. The predicted molar refractivity (Wildman–Crippen MR) is 69.2 cm³/mol. The van der Waals surface area contributed by atoms with Crippen molar-refractivity contribution < 1.29 is 0 Å². The Morgan fingerprint density at radius 1 is 1.50 bits per heavy atom. The van der Waals surface area contributed by atoms with E-state index in [1.165, 1.54) is 6.42 Å². The first-order chi connectivity index (χ1) is 7.40. The fourth-order valence-electron chi connectivity index (χ4n) is 1.72. The van der Waals surface area contributed by atoms with Gasteiger partial charge in [0.25, 0.3) is 0 Å². The molecule has 2 heterocycles. The molecule has 6 heteroatoms. The molecule has 0 aliphatic carbocycles. The summed E-state index contributed by atoms with van der Waals surface area (Å²) in [5.41, 5.74) is 1.05. The summed E-state index contributed by atoms with van der Waals surface area (Å²) in [5.74, 6) is 0. The molecule has 0 bridgehead atoms. The van der Waals surface area contributed by atoms with Crippen LogP contribution in [-0.4, -0.2) is 35.4 Å². The van der Waals surface area contributed by atoms with Gasteiger partial charge in [0.05, 0.1) is 5.69 Å². The molecule has 2 N–H and O–H groups in total. The minimum absolute atomic E-state index is 0. The quantitative estimate of drug-likeness (QED) is 0.794. The van der Waals surface area contributed by atoms with Crippen LogP contribution >= 0.6 is 24.2 Å². The Labute approximate surface area is 106 Å². The lowest BCUT2D eigenvalue weighted by molar-refractivity contribution is 0.535. The third-order valence-electron chi connectivity index (χ3n) is 2.55. The van der Waals surface area contributed by atoms with E-state index >= 15 is 0 Å². The van der Waals surface area contributed by atoms with Crippen molar-refractivity contribution in [1.82, 2.24) is 20.6 Å². The van der Waals surface area contributed by atoms with Crippen LogP contribution in [0.3, 0.4) is 0 Å². The van der Waals surface area contributed by atoms with Gasteiger partial charge >= 0.3 is 0 Å². The number of halogens is 1. The van der Waals surface area contributed by atoms with Crippen LogP contribution in [-0.2, 0) is 6.54 Å². The highest BCUT2D eigenvalue weighted by Crippen LogP contribution is 2.14. The van der Waals surface area contributed by atoms with Crippen LogP contribution in [0.25, 0.3) is 0 Å². The van der Waals surface area contributed by atoms with Crippen LogP contribution < -0.4 is 10.6 Å². The zero-order chi connectivity index (χ0) is 10.5. The molecule has 1 aliphatic heterocycles. The normalized spacial score (nSPS) is 19.4. The van der Waals surface area contributed by atoms with Gasteiger partial charge in [-0.05, 0) is 19.2 Å². The SMILES string of the molecule is CSc1nccnc1CN[C@H]1CCNC1.Cl. The van der Waals surface area contributed by atoms with Crippen LogP contribution in [0.4, 0.5) is 0 Å². The number of hydrogen-bond donors (Lipinski definition) is 2. The van der Waals surface area contributed by atoms with Crippen LogP contribution in [0.1, 0.15) is 12.1 Å². The third kappa shape index (κ3) is 3.59. The molecule has 0 radical (unpaired) electrons. The fourth-order valence-corrected chi connectivity index (χ4v) is 2.24. The number of nitrogens with zero attached hydrogens (tertiary/aromatic N) is 2. The molecule has 0 amide bonds. The second-order valence-electron chi connectivity index (χ2n) is 3.58. The number of hydrogen-bond acceptors (Lipinski definition) is 5. The highest BCUT2D eigenvalue weighted by molar-refractivity contribution is 7.98. The minimum atomic E-state index is 0. The molecule has 0 aromatic carbocycles. The highest BCUT2D eigenvalue weighted by atomic mass is 35.5. The van der Waals surface area contributed by atoms with Crippen LogP contribution in [0.2, 0.25) is 0 Å². The van der Waals surface area contributed by atoms with E-state index < -0.39 is 0 Å². The summed E-state index contributed by atoms with van der Waals surface area (Å²) in [4.78, 5) is 8.63. The maximum absolute atomic E-state index is 4.34. The van der Waals surface area contributed by atoms with Gasteiger partial charge < -0.3 is 10.6 Å². The Balaban J connectivity index is 0.00000128. The average Bonchev–Trinajstić information content (AvgIpc) is 2.79. The summed E-state index contributed by atoms with van der Waals surface area (Å²) in [7, 11) is 0. The molecule has 4 nitrogen and oxygen atoms in total. The lowest BCUT2D eigenvalue weighted by Gasteiger charge is -2.11. The van der Waals surface area contributed by atoms with Gasteiger partial charge in [-0.15, -0.1) is 24.2 Å². The molecule has 1 fully saturated rings. The van der Waals surface area contributed by atoms with Crippen molar-refractivity contribution in [2.75, 3.05) is 19.3 Å². The largest absolute Gasteiger partial charge is 0.315 e. The zero-order valence-corrected chi connectivity index (χ0v) is 10.9. The number of thioether (sulfide) groups is 1. The topological polar surface area (TPSA) is 49.8 Å². The summed E-state index contributed by atoms with van der Waals surface area (Å²) in [6.07, 6.45) is 6.73. The molecule has 1 aromatic heterocycles. The van der Waals surface area contributed by atoms with Crippen molar-refractivity contribution in [3.8, 4) is 0 Å². The minimum Gasteiger partial charge on any atom is -0.315 e. The maximum Gasteiger partial charge on any atom is 0.119 e. The van der Waals surface area contributed by atoms with E-state index in [0.29, 0.717) is 6.04 Å². The van der Waals surface area contributed by atoms with Gasteiger partial charge in [0, 0.05) is 31.5 Å². The number of nitrogens with one attached hydrogen (secondary N) is 2. The zero-order valence-electron chi connectivity index (χ0n) is 9.27. The summed E-state index contributed by atoms with van der Waals surface area (Å²) in [6.45, 7) is 3.00. The van der Waals surface area contributed by atoms with Crippen molar-refractivity contribution in [3.63, 3.8) is 0 Å². The van der Waals surface area contributed by atoms with Gasteiger partial charge in [-0.1, -0.05) is 0 Å². The molecule has 1 aromatic rings. The van der Waals surface area contributed by atoms with Crippen molar-refractivity contribution in [2.45, 2.75) is 24.0 Å². The van der Waals surface area contributed by atoms with E-state index in [-0.39, 0.29) is 12.4 Å². The van der Waals surface area contributed by atoms with E-state index in [4.69, 9.17) is 0 Å². The highest BCUT2D eigenvalue weighted by Gasteiger charge is 2.14. The van der Waals surface area contributed by atoms with E-state index in [0.717, 1.165) is 30.4 Å². The van der Waals surface area contributed by atoms with Crippen LogP contribution in [0.5, 0.6) is 0 Å². The van der Waals surface area contributed by atoms with E-state index in [9.17, 15) is 0 Å². The second kappa shape index (κ2) is 7.06. The summed E-state index contributed by atoms with van der Waals surface area (Å²) >= 11 is 1.65. The maximum atomic E-state index is 4.34. The molecular weight excluding hydrogens is 244 g/mol. The molecule has 2 rings (SSSR count). The van der Waals surface area contributed by atoms with Gasteiger partial charge in [0.2, 0.25) is 0 Å². The summed E-state index contributed by atoms with van der Waals surface area (Å²) in [6, 6.07) is 0.585. The first-order valence-corrected chi connectivity index (χ1v) is 6.40. The van der Waals surface area contributed by atoms with Crippen LogP contribution in [0.15, 0.2) is 17.4 Å². The van der Waals surface area contributed by atoms with Gasteiger partial charge in [-0.3, -0.25) is 4.98 Å². The Bertz CT molecular complexity index is 317. The van der Waals surface area contributed by atoms with Crippen molar-refractivity contribution in [1.29, 1.82) is 0 Å². The molecule has 0 unspecified atom stereocenters. The van der Waals surface area contributed by atoms with Gasteiger partial charge in [-0.25, -0.2) is 4.98 Å². The molecule has 1 atom stereocenters. The predicted octanol–water partition coefficient (Wildman–Crippen LogP) is 1.07. The Kier molecular flexibility index (Phi) is 6.05. The van der Waals surface area contributed by atoms with E-state index in [2.05, 4.69) is 20.6 Å². The molecule has 90 valence electrons. The smallest absolute Gasteiger partial charge is 0.119 e. The second-order valence-corrected chi connectivity index (χ2v) is 4.38. The van der Waals surface area contributed by atoms with Crippen molar-refractivity contribution in [3.05, 3.63) is 18.1 Å². The van der Waals surface area contributed by atoms with Gasteiger partial charge in [0.15, 0.2) is 0 Å². The average molecular weight is 261 g/mol. The van der Waals surface area contributed by atoms with E-state index in [1.807, 2.05) is 6.26 Å². The summed E-state index contributed by atoms with van der Waals surface area (Å²) in [5, 5.41) is 7.85. The first-order valence-electron chi connectivity index (χ1n) is 5.18. The Morgan fingerprint density at radius 2 is 2.31 bits per heavy atom. The van der Waals surface area contributed by atoms with E-state index in [1.54, 1.807) is 24.2 Å². The van der Waals surface area contributed by atoms with Crippen molar-refractivity contribution >= 4 is 24.2 Å². The van der Waals surface area contributed by atoms with Gasteiger partial charge in [0.1, 0.15) is 5.03 Å². The van der Waals surface area contributed by atoms with Crippen LogP contribution in [0, 0.1) is 0 Å². The monoisotopic (exact) mass is 260 g/mol. The fraction of sp³-hybridized carbons (Fsp3) is 0.600. The lowest BCUT2D eigenvalue weighted by atomic mass is 10.2. The Hall–Kier alpha value is -0.360. The lowest BCUT2D eigenvalue weighted by Crippen LogP contribution is -2.30.